The first-order chi connectivity index (χ1) is 15.1. The minimum absolute atomic E-state index is 0.221. The number of nitrogens with zero attached hydrogens (tertiary/aromatic N) is 2. The van der Waals surface area contributed by atoms with E-state index in [1.807, 2.05) is 6.92 Å². The van der Waals surface area contributed by atoms with Gasteiger partial charge in [-0.25, -0.2) is 4.99 Å². The average molecular weight is 434 g/mol. The largest absolute Gasteiger partial charge is 0.494 e. The topological polar surface area (TPSA) is 64.6 Å². The molecule has 3 rings (SSSR count). The molecule has 0 aliphatic carbocycles. The van der Waals surface area contributed by atoms with Crippen molar-refractivity contribution in [2.45, 2.75) is 65.2 Å². The van der Waals surface area contributed by atoms with Gasteiger partial charge in [0.15, 0.2) is 5.96 Å². The number of fused-ring (bicyclic) bond motifs is 1. The lowest BCUT2D eigenvalue weighted by Gasteiger charge is -2.34. The Morgan fingerprint density at radius 1 is 1.23 bits per heavy atom. The van der Waals surface area contributed by atoms with Gasteiger partial charge in [0.2, 0.25) is 0 Å². The predicted molar refractivity (Wildman–Crippen MR) is 123 cm³/mol. The van der Waals surface area contributed by atoms with Crippen molar-refractivity contribution in [2.24, 2.45) is 4.99 Å². The molecule has 0 radical (unpaired) electrons. The van der Waals surface area contributed by atoms with Gasteiger partial charge in [-0.2, -0.15) is 0 Å². The van der Waals surface area contributed by atoms with Crippen LogP contribution in [0.2, 0.25) is 0 Å². The summed E-state index contributed by atoms with van der Waals surface area (Å²) in [4.78, 5) is 7.28. The summed E-state index contributed by atoms with van der Waals surface area (Å²) in [6.07, 6.45) is 4.48. The molecule has 1 fully saturated rings. The maximum atomic E-state index is 6.00. The zero-order chi connectivity index (χ0) is 22.1. The molecule has 0 aromatic heterocycles. The number of hydrogen-bond donors (Lipinski definition) is 1. The molecule has 1 aromatic carbocycles. The fraction of sp³-hybridized carbons (Fsp3) is 0.708. The third-order valence-electron chi connectivity index (χ3n) is 5.70. The summed E-state index contributed by atoms with van der Waals surface area (Å²) in [6, 6.07) is 4.24. The summed E-state index contributed by atoms with van der Waals surface area (Å²) in [5.41, 5.74) is 2.30. The SMILES string of the molecule is CCNC(=NCc1cc2c(cc1OCC)CC(C)O2)N1CCC(OCCCOC)CC1. The quantitative estimate of drug-likeness (QED) is 0.347. The number of benzene rings is 1. The summed E-state index contributed by atoms with van der Waals surface area (Å²) < 4.78 is 23.0. The highest BCUT2D eigenvalue weighted by atomic mass is 16.5. The standard InChI is InChI=1S/C24H39N3O4/c1-5-25-24(27-10-8-21(9-11-27)30-13-7-12-28-4)26-17-20-16-23-19(14-18(3)31-23)15-22(20)29-6-2/h15-16,18,21H,5-14,17H2,1-4H3,(H,25,26). The predicted octanol–water partition coefficient (Wildman–Crippen LogP) is 3.39. The number of rotatable bonds is 10. The van der Waals surface area contributed by atoms with Crippen molar-refractivity contribution in [2.75, 3.05) is 46.6 Å². The van der Waals surface area contributed by atoms with Gasteiger partial charge >= 0.3 is 0 Å². The molecular formula is C24H39N3O4. The summed E-state index contributed by atoms with van der Waals surface area (Å²) in [7, 11) is 1.73. The van der Waals surface area contributed by atoms with Gasteiger partial charge < -0.3 is 29.2 Å². The van der Waals surface area contributed by atoms with Gasteiger partial charge in [0.1, 0.15) is 17.6 Å². The Kier molecular flexibility index (Phi) is 9.28. The van der Waals surface area contributed by atoms with Crippen molar-refractivity contribution in [1.29, 1.82) is 0 Å². The zero-order valence-electron chi connectivity index (χ0n) is 19.6. The first kappa shape index (κ1) is 23.7. The molecule has 0 bridgehead atoms. The highest BCUT2D eigenvalue weighted by molar-refractivity contribution is 5.80. The minimum Gasteiger partial charge on any atom is -0.494 e. The molecule has 2 aliphatic rings. The van der Waals surface area contributed by atoms with Crippen LogP contribution in [0.25, 0.3) is 0 Å². The second-order valence-electron chi connectivity index (χ2n) is 8.21. The smallest absolute Gasteiger partial charge is 0.194 e. The molecular weight excluding hydrogens is 394 g/mol. The van der Waals surface area contributed by atoms with Crippen molar-refractivity contribution < 1.29 is 18.9 Å². The zero-order valence-corrected chi connectivity index (χ0v) is 19.6. The fourth-order valence-electron chi connectivity index (χ4n) is 4.17. The highest BCUT2D eigenvalue weighted by Crippen LogP contribution is 2.35. The van der Waals surface area contributed by atoms with Gasteiger partial charge in [-0.3, -0.25) is 0 Å². The van der Waals surface area contributed by atoms with Gasteiger partial charge in [0, 0.05) is 57.5 Å². The molecule has 1 atom stereocenters. The second kappa shape index (κ2) is 12.2. The van der Waals surface area contributed by atoms with Crippen molar-refractivity contribution >= 4 is 5.96 Å². The molecule has 7 nitrogen and oxygen atoms in total. The lowest BCUT2D eigenvalue weighted by Crippen LogP contribution is -2.47. The number of methoxy groups -OCH3 is 1. The molecule has 1 unspecified atom stereocenters. The van der Waals surface area contributed by atoms with Crippen LogP contribution in [-0.2, 0) is 22.4 Å². The minimum atomic E-state index is 0.221. The summed E-state index contributed by atoms with van der Waals surface area (Å²) in [6.45, 7) is 11.7. The molecule has 2 heterocycles. The van der Waals surface area contributed by atoms with Crippen LogP contribution in [0.4, 0.5) is 0 Å². The molecule has 1 aromatic rings. The lowest BCUT2D eigenvalue weighted by atomic mass is 10.1. The first-order valence-corrected chi connectivity index (χ1v) is 11.7. The van der Waals surface area contributed by atoms with Crippen molar-refractivity contribution in [3.05, 3.63) is 23.3 Å². The maximum Gasteiger partial charge on any atom is 0.194 e. The maximum absolute atomic E-state index is 6.00. The van der Waals surface area contributed by atoms with E-state index in [9.17, 15) is 0 Å². The molecule has 1 saturated heterocycles. The van der Waals surface area contributed by atoms with Crippen molar-refractivity contribution in [3.8, 4) is 11.5 Å². The van der Waals surface area contributed by atoms with Crippen LogP contribution >= 0.6 is 0 Å². The molecule has 174 valence electrons. The highest BCUT2D eigenvalue weighted by Gasteiger charge is 2.24. The molecule has 31 heavy (non-hydrogen) atoms. The Labute approximate surface area is 187 Å². The lowest BCUT2D eigenvalue weighted by molar-refractivity contribution is 0.00990. The van der Waals surface area contributed by atoms with E-state index in [0.717, 1.165) is 81.6 Å². The van der Waals surface area contributed by atoms with E-state index in [4.69, 9.17) is 23.9 Å². The van der Waals surface area contributed by atoms with Crippen LogP contribution in [0.3, 0.4) is 0 Å². The Bertz CT molecular complexity index is 717. The number of guanidine groups is 1. The van der Waals surface area contributed by atoms with Crippen molar-refractivity contribution in [3.63, 3.8) is 0 Å². The van der Waals surface area contributed by atoms with E-state index < -0.39 is 0 Å². The van der Waals surface area contributed by atoms with Gasteiger partial charge in [-0.05, 0) is 52.2 Å². The third kappa shape index (κ3) is 6.74. The van der Waals surface area contributed by atoms with E-state index in [1.165, 1.54) is 5.56 Å². The van der Waals surface area contributed by atoms with Gasteiger partial charge in [-0.1, -0.05) is 0 Å². The molecule has 1 N–H and O–H groups in total. The van der Waals surface area contributed by atoms with Crippen molar-refractivity contribution in [1.82, 2.24) is 10.2 Å². The molecule has 2 aliphatic heterocycles. The Balaban J connectivity index is 1.62. The molecule has 0 amide bonds. The van der Waals surface area contributed by atoms with E-state index in [0.29, 0.717) is 19.3 Å². The van der Waals surface area contributed by atoms with Gasteiger partial charge in [0.25, 0.3) is 0 Å². The number of nitrogens with one attached hydrogen (secondary N) is 1. The number of aliphatic imine (C=N–C) groups is 1. The van der Waals surface area contributed by atoms with E-state index in [-0.39, 0.29) is 6.10 Å². The Morgan fingerprint density at radius 2 is 2.03 bits per heavy atom. The van der Waals surface area contributed by atoms with E-state index >= 15 is 0 Å². The van der Waals surface area contributed by atoms with Crippen LogP contribution in [0, 0.1) is 0 Å². The van der Waals surface area contributed by atoms with Crippen LogP contribution in [0.5, 0.6) is 11.5 Å². The summed E-state index contributed by atoms with van der Waals surface area (Å²) in [5, 5.41) is 3.45. The van der Waals surface area contributed by atoms with Gasteiger partial charge in [0.05, 0.1) is 19.3 Å². The fourth-order valence-corrected chi connectivity index (χ4v) is 4.17. The van der Waals surface area contributed by atoms with Crippen LogP contribution in [0.1, 0.15) is 51.2 Å². The second-order valence-corrected chi connectivity index (χ2v) is 8.21. The monoisotopic (exact) mass is 433 g/mol. The summed E-state index contributed by atoms with van der Waals surface area (Å²) >= 11 is 0. The van der Waals surface area contributed by atoms with E-state index in [1.54, 1.807) is 7.11 Å². The van der Waals surface area contributed by atoms with Crippen LogP contribution in [0.15, 0.2) is 17.1 Å². The molecule has 0 spiro atoms. The third-order valence-corrected chi connectivity index (χ3v) is 5.70. The number of likely N-dealkylation sites (tertiary alicyclic amines) is 1. The van der Waals surface area contributed by atoms with E-state index in [2.05, 4.69) is 36.2 Å². The summed E-state index contributed by atoms with van der Waals surface area (Å²) in [5.74, 6) is 2.84. The normalized spacial score (nSPS) is 19.3. The van der Waals surface area contributed by atoms with Crippen LogP contribution in [-0.4, -0.2) is 69.6 Å². The van der Waals surface area contributed by atoms with Gasteiger partial charge in [-0.15, -0.1) is 0 Å². The molecule has 7 heteroatoms. The first-order valence-electron chi connectivity index (χ1n) is 11.7. The Hall–Kier alpha value is -1.99. The molecule has 0 saturated carbocycles. The number of ether oxygens (including phenoxy) is 4. The average Bonchev–Trinajstić information content (AvgIpc) is 3.13. The number of hydrogen-bond acceptors (Lipinski definition) is 5. The number of piperidine rings is 1. The Morgan fingerprint density at radius 3 is 2.74 bits per heavy atom. The van der Waals surface area contributed by atoms with Crippen LogP contribution < -0.4 is 14.8 Å².